The first-order valence-corrected chi connectivity index (χ1v) is 14.7. The zero-order chi connectivity index (χ0) is 28.0. The Morgan fingerprint density at radius 2 is 1.75 bits per heavy atom. The van der Waals surface area contributed by atoms with E-state index in [1.54, 1.807) is 36.1 Å². The number of imidazole rings is 1. The lowest BCUT2D eigenvalue weighted by atomic mass is 10.0. The second-order valence-corrected chi connectivity index (χ2v) is 12.2. The van der Waals surface area contributed by atoms with Crippen molar-refractivity contribution in [3.05, 3.63) is 106 Å². The average molecular weight is 572 g/mol. The van der Waals surface area contributed by atoms with Crippen LogP contribution < -0.4 is 4.74 Å². The predicted octanol–water partition coefficient (Wildman–Crippen LogP) is 6.37. The number of nitrogens with one attached hydrogen (secondary N) is 1. The molecule has 5 aromatic rings. The first-order valence-electron chi connectivity index (χ1n) is 12.8. The largest absolute Gasteiger partial charge is 0.491 e. The van der Waals surface area contributed by atoms with E-state index in [-0.39, 0.29) is 20.7 Å². The van der Waals surface area contributed by atoms with Crippen molar-refractivity contribution >= 4 is 38.4 Å². The first kappa shape index (κ1) is 26.1. The summed E-state index contributed by atoms with van der Waals surface area (Å²) in [5, 5.41) is 0.155. The number of benzene rings is 4. The summed E-state index contributed by atoms with van der Waals surface area (Å²) in [5.41, 5.74) is 5.84. The Kier molecular flexibility index (Phi) is 6.60. The van der Waals surface area contributed by atoms with Gasteiger partial charge in [-0.3, -0.25) is 4.79 Å². The van der Waals surface area contributed by atoms with E-state index in [4.69, 9.17) is 16.3 Å². The summed E-state index contributed by atoms with van der Waals surface area (Å²) in [6.07, 6.45) is 0. The van der Waals surface area contributed by atoms with Crippen LogP contribution in [0.3, 0.4) is 0 Å². The number of halogens is 1. The van der Waals surface area contributed by atoms with Gasteiger partial charge in [-0.1, -0.05) is 35.9 Å². The number of carbonyl (C=O) groups excluding carboxylic acids is 1. The van der Waals surface area contributed by atoms with E-state index >= 15 is 0 Å². The number of aromatic amines is 1. The minimum Gasteiger partial charge on any atom is -0.491 e. The number of nitrogens with zero attached hydrogens (tertiary/aromatic N) is 2. The van der Waals surface area contributed by atoms with Crippen LogP contribution in [0.5, 0.6) is 5.75 Å². The van der Waals surface area contributed by atoms with Gasteiger partial charge in [-0.25, -0.2) is 13.4 Å². The van der Waals surface area contributed by atoms with Crippen molar-refractivity contribution in [2.45, 2.75) is 30.2 Å². The summed E-state index contributed by atoms with van der Waals surface area (Å²) in [4.78, 5) is 23.3. The fraction of sp³-hybridized carbons (Fsp3) is 0.161. The molecule has 0 fully saturated rings. The molecule has 1 aliphatic heterocycles. The maximum Gasteiger partial charge on any atom is 0.254 e. The van der Waals surface area contributed by atoms with Crippen molar-refractivity contribution in [2.24, 2.45) is 0 Å². The van der Waals surface area contributed by atoms with Crippen molar-refractivity contribution in [1.29, 1.82) is 0 Å². The number of H-pyrrole nitrogens is 1. The molecule has 40 heavy (non-hydrogen) atoms. The predicted molar refractivity (Wildman–Crippen MR) is 155 cm³/mol. The van der Waals surface area contributed by atoms with Crippen LogP contribution in [0.15, 0.2) is 88.7 Å². The Hall–Kier alpha value is -4.14. The molecule has 202 valence electrons. The maximum atomic E-state index is 13.7. The molecule has 1 aromatic heterocycles. The third-order valence-corrected chi connectivity index (χ3v) is 9.38. The lowest BCUT2D eigenvalue weighted by molar-refractivity contribution is 0.0732. The van der Waals surface area contributed by atoms with Crippen LogP contribution in [0.2, 0.25) is 5.02 Å². The molecule has 0 unspecified atom stereocenters. The van der Waals surface area contributed by atoms with Gasteiger partial charge in [0, 0.05) is 17.7 Å². The molecule has 6 rings (SSSR count). The zero-order valence-corrected chi connectivity index (χ0v) is 23.5. The van der Waals surface area contributed by atoms with Crippen molar-refractivity contribution in [3.63, 3.8) is 0 Å². The van der Waals surface area contributed by atoms with Crippen LogP contribution in [-0.4, -0.2) is 42.3 Å². The van der Waals surface area contributed by atoms with E-state index < -0.39 is 9.84 Å². The molecule has 7 nitrogen and oxygen atoms in total. The van der Waals surface area contributed by atoms with Crippen molar-refractivity contribution < 1.29 is 17.9 Å². The molecule has 1 aliphatic rings. The number of aryl methyl sites for hydroxylation is 2. The summed E-state index contributed by atoms with van der Waals surface area (Å²) in [7, 11) is -3.83. The van der Waals surface area contributed by atoms with Gasteiger partial charge >= 0.3 is 0 Å². The number of sulfone groups is 1. The molecule has 1 amide bonds. The van der Waals surface area contributed by atoms with Crippen LogP contribution >= 0.6 is 11.6 Å². The van der Waals surface area contributed by atoms with Gasteiger partial charge in [-0.05, 0) is 85.1 Å². The van der Waals surface area contributed by atoms with Gasteiger partial charge in [-0.2, -0.15) is 0 Å². The molecule has 0 saturated carbocycles. The lowest BCUT2D eigenvalue weighted by Crippen LogP contribution is -2.33. The van der Waals surface area contributed by atoms with Crippen LogP contribution in [0.1, 0.15) is 27.3 Å². The van der Waals surface area contributed by atoms with E-state index in [1.807, 2.05) is 31.2 Å². The Morgan fingerprint density at radius 1 is 0.975 bits per heavy atom. The third kappa shape index (κ3) is 4.74. The molecule has 0 radical (unpaired) electrons. The Morgan fingerprint density at radius 3 is 2.55 bits per heavy atom. The molecule has 9 heteroatoms. The molecular formula is C31H26ClN3O4S. The van der Waals surface area contributed by atoms with Crippen molar-refractivity contribution in [2.75, 3.05) is 13.2 Å². The quantitative estimate of drug-likeness (QED) is 0.271. The summed E-state index contributed by atoms with van der Waals surface area (Å²) in [5.74, 6) is 1.42. The molecule has 0 bridgehead atoms. The minimum atomic E-state index is -3.83. The monoisotopic (exact) mass is 571 g/mol. The highest BCUT2D eigenvalue weighted by Gasteiger charge is 2.25. The van der Waals surface area contributed by atoms with Crippen LogP contribution in [0.4, 0.5) is 0 Å². The third-order valence-electron chi connectivity index (χ3n) is 7.13. The van der Waals surface area contributed by atoms with E-state index in [9.17, 15) is 13.2 Å². The highest BCUT2D eigenvalue weighted by Crippen LogP contribution is 2.32. The maximum absolute atomic E-state index is 13.7. The smallest absolute Gasteiger partial charge is 0.254 e. The summed E-state index contributed by atoms with van der Waals surface area (Å²) < 4.78 is 32.4. The standard InChI is InChI=1S/C31H26ClN3O4S/c1-19-15-24(40(37,38)30-6-4-3-5-26(30)32)9-10-25(19)31(36)35-13-14-39-29-12-8-21(16-23(29)18-35)22-7-11-27-28(17-22)34-20(2)33-27/h3-12,15-17H,13-14,18H2,1-2H3,(H,33,34). The SMILES string of the molecule is Cc1nc2ccc(-c3ccc4c(c3)CN(C(=O)c3ccc(S(=O)(=O)c5ccccc5Cl)cc3C)CCO4)cc2[nH]1. The van der Waals surface area contributed by atoms with Gasteiger partial charge < -0.3 is 14.6 Å². The Labute approximate surface area is 237 Å². The molecular weight excluding hydrogens is 546 g/mol. The summed E-state index contributed by atoms with van der Waals surface area (Å²) in [6.45, 7) is 4.80. The van der Waals surface area contributed by atoms with Gasteiger partial charge in [0.15, 0.2) is 0 Å². The Balaban J connectivity index is 1.28. The second kappa shape index (κ2) is 10.1. The number of aromatic nitrogens is 2. The highest BCUT2D eigenvalue weighted by atomic mass is 35.5. The lowest BCUT2D eigenvalue weighted by Gasteiger charge is -2.21. The minimum absolute atomic E-state index is 0.0361. The number of hydrogen-bond acceptors (Lipinski definition) is 5. The zero-order valence-electron chi connectivity index (χ0n) is 21.9. The first-order chi connectivity index (χ1) is 19.2. The topological polar surface area (TPSA) is 92.4 Å². The van der Waals surface area contributed by atoms with Gasteiger partial charge in [0.2, 0.25) is 9.84 Å². The average Bonchev–Trinajstić information content (AvgIpc) is 3.18. The number of fused-ring (bicyclic) bond motifs is 2. The second-order valence-electron chi connectivity index (χ2n) is 9.86. The van der Waals surface area contributed by atoms with Gasteiger partial charge in [0.05, 0.1) is 32.4 Å². The molecule has 0 saturated heterocycles. The molecule has 0 atom stereocenters. The summed E-state index contributed by atoms with van der Waals surface area (Å²) in [6, 6.07) is 23.0. The van der Waals surface area contributed by atoms with Gasteiger partial charge in [0.1, 0.15) is 18.2 Å². The molecule has 0 aliphatic carbocycles. The number of hydrogen-bond donors (Lipinski definition) is 1. The fourth-order valence-corrected chi connectivity index (χ4v) is 6.92. The summed E-state index contributed by atoms with van der Waals surface area (Å²) >= 11 is 6.16. The number of carbonyl (C=O) groups is 1. The van der Waals surface area contributed by atoms with Crippen molar-refractivity contribution in [3.8, 4) is 16.9 Å². The molecule has 1 N–H and O–H groups in total. The van der Waals surface area contributed by atoms with Crippen LogP contribution in [-0.2, 0) is 16.4 Å². The van der Waals surface area contributed by atoms with E-state index in [1.165, 1.54) is 18.2 Å². The number of rotatable bonds is 4. The van der Waals surface area contributed by atoms with Crippen molar-refractivity contribution in [1.82, 2.24) is 14.9 Å². The highest BCUT2D eigenvalue weighted by molar-refractivity contribution is 7.91. The van der Waals surface area contributed by atoms with Crippen LogP contribution in [0.25, 0.3) is 22.2 Å². The fourth-order valence-electron chi connectivity index (χ4n) is 5.07. The normalized spacial score (nSPS) is 13.5. The van der Waals surface area contributed by atoms with E-state index in [0.29, 0.717) is 30.8 Å². The Bertz CT molecular complexity index is 1900. The number of ether oxygens (including phenoxy) is 1. The molecule has 4 aromatic carbocycles. The van der Waals surface area contributed by atoms with Crippen LogP contribution in [0, 0.1) is 13.8 Å². The molecule has 2 heterocycles. The van der Waals surface area contributed by atoms with E-state index in [2.05, 4.69) is 22.1 Å². The van der Waals surface area contributed by atoms with Gasteiger partial charge in [0.25, 0.3) is 5.91 Å². The van der Waals surface area contributed by atoms with E-state index in [0.717, 1.165) is 39.3 Å². The molecule has 0 spiro atoms. The van der Waals surface area contributed by atoms with Gasteiger partial charge in [-0.15, -0.1) is 0 Å². The number of amides is 1.